The standard InChI is InChI=1S/C7H14Cl2O2/c1-10-7(11-2,3-5-8)4-6-9/h3-6H2,1-2H3. The van der Waals surface area contributed by atoms with Crippen LogP contribution < -0.4 is 0 Å². The van der Waals surface area contributed by atoms with Gasteiger partial charge in [0, 0.05) is 38.8 Å². The molecule has 0 bridgehead atoms. The molecule has 0 aliphatic carbocycles. The van der Waals surface area contributed by atoms with Crippen LogP contribution in [-0.4, -0.2) is 31.8 Å². The number of rotatable bonds is 6. The average Bonchev–Trinajstić information content (AvgIpc) is 2.04. The van der Waals surface area contributed by atoms with Gasteiger partial charge in [0.15, 0.2) is 5.79 Å². The highest BCUT2D eigenvalue weighted by atomic mass is 35.5. The van der Waals surface area contributed by atoms with Crippen molar-refractivity contribution < 1.29 is 9.47 Å². The zero-order chi connectivity index (χ0) is 8.74. The molecule has 0 rings (SSSR count). The van der Waals surface area contributed by atoms with Crippen LogP contribution in [0.2, 0.25) is 0 Å². The maximum Gasteiger partial charge on any atom is 0.169 e. The van der Waals surface area contributed by atoms with E-state index in [1.165, 1.54) is 0 Å². The Bertz CT molecular complexity index is 86.4. The molecule has 0 unspecified atom stereocenters. The Morgan fingerprint density at radius 3 is 1.55 bits per heavy atom. The predicted octanol–water partition coefficient (Wildman–Crippen LogP) is 2.23. The van der Waals surface area contributed by atoms with Gasteiger partial charge in [-0.25, -0.2) is 0 Å². The van der Waals surface area contributed by atoms with Gasteiger partial charge in [0.2, 0.25) is 0 Å². The SMILES string of the molecule is COC(CCCl)(CCCl)OC. The van der Waals surface area contributed by atoms with E-state index in [4.69, 9.17) is 32.7 Å². The van der Waals surface area contributed by atoms with Crippen molar-refractivity contribution in [2.45, 2.75) is 18.6 Å². The first kappa shape index (κ1) is 11.5. The zero-order valence-electron chi connectivity index (χ0n) is 6.90. The molecule has 0 N–H and O–H groups in total. The molecule has 0 saturated carbocycles. The third-order valence-electron chi connectivity index (χ3n) is 1.69. The summed E-state index contributed by atoms with van der Waals surface area (Å²) in [5.74, 6) is 0.445. The summed E-state index contributed by atoms with van der Waals surface area (Å²) in [6, 6.07) is 0. The maximum atomic E-state index is 5.58. The molecule has 0 aromatic rings. The molecule has 4 heteroatoms. The van der Waals surface area contributed by atoms with Crippen LogP contribution in [0.15, 0.2) is 0 Å². The Labute approximate surface area is 77.8 Å². The summed E-state index contributed by atoms with van der Waals surface area (Å²) in [6.07, 6.45) is 1.32. The van der Waals surface area contributed by atoms with Gasteiger partial charge in [-0.3, -0.25) is 0 Å². The highest BCUT2D eigenvalue weighted by Crippen LogP contribution is 2.21. The van der Waals surface area contributed by atoms with Crippen LogP contribution in [0, 0.1) is 0 Å². The third kappa shape index (κ3) is 3.61. The molecule has 0 aromatic heterocycles. The Kier molecular flexibility index (Phi) is 6.34. The lowest BCUT2D eigenvalue weighted by Gasteiger charge is -2.29. The van der Waals surface area contributed by atoms with Crippen molar-refractivity contribution >= 4 is 23.2 Å². The number of hydrogen-bond donors (Lipinski definition) is 0. The van der Waals surface area contributed by atoms with Crippen molar-refractivity contribution in [3.63, 3.8) is 0 Å². The van der Waals surface area contributed by atoms with Crippen molar-refractivity contribution in [3.05, 3.63) is 0 Å². The predicted molar refractivity (Wildman–Crippen MR) is 47.4 cm³/mol. The molecular weight excluding hydrogens is 187 g/mol. The molecule has 0 atom stereocenters. The molecule has 0 saturated heterocycles. The van der Waals surface area contributed by atoms with Crippen molar-refractivity contribution in [2.24, 2.45) is 0 Å². The summed E-state index contributed by atoms with van der Waals surface area (Å²) in [7, 11) is 3.20. The third-order valence-corrected chi connectivity index (χ3v) is 2.07. The zero-order valence-corrected chi connectivity index (χ0v) is 8.41. The largest absolute Gasteiger partial charge is 0.353 e. The Morgan fingerprint density at radius 2 is 1.36 bits per heavy atom. The topological polar surface area (TPSA) is 18.5 Å². The molecular formula is C7H14Cl2O2. The fraction of sp³-hybridized carbons (Fsp3) is 1.00. The van der Waals surface area contributed by atoms with Crippen molar-refractivity contribution in [3.8, 4) is 0 Å². The lowest BCUT2D eigenvalue weighted by Crippen LogP contribution is -2.34. The average molecular weight is 201 g/mol. The number of halogens is 2. The second kappa shape index (κ2) is 6.06. The minimum atomic E-state index is -0.580. The molecule has 0 aliphatic rings. The summed E-state index contributed by atoms with van der Waals surface area (Å²) >= 11 is 11.2. The Hall–Kier alpha value is 0.500. The van der Waals surface area contributed by atoms with Gasteiger partial charge in [-0.1, -0.05) is 0 Å². The molecule has 11 heavy (non-hydrogen) atoms. The normalized spacial score (nSPS) is 12.0. The number of methoxy groups -OCH3 is 2. The van der Waals surface area contributed by atoms with Gasteiger partial charge in [-0.15, -0.1) is 23.2 Å². The Balaban J connectivity index is 3.96. The summed E-state index contributed by atoms with van der Waals surface area (Å²) in [4.78, 5) is 0. The lowest BCUT2D eigenvalue weighted by molar-refractivity contribution is -0.208. The van der Waals surface area contributed by atoms with Crippen LogP contribution in [0.25, 0.3) is 0 Å². The van der Waals surface area contributed by atoms with Crippen LogP contribution in [-0.2, 0) is 9.47 Å². The first-order valence-corrected chi connectivity index (χ1v) is 4.54. The second-order valence-corrected chi connectivity index (χ2v) is 2.95. The number of hydrogen-bond acceptors (Lipinski definition) is 2. The van der Waals surface area contributed by atoms with E-state index in [9.17, 15) is 0 Å². The van der Waals surface area contributed by atoms with E-state index in [-0.39, 0.29) is 0 Å². The summed E-state index contributed by atoms with van der Waals surface area (Å²) < 4.78 is 10.4. The number of ether oxygens (including phenoxy) is 2. The fourth-order valence-electron chi connectivity index (χ4n) is 0.905. The first-order valence-electron chi connectivity index (χ1n) is 3.47. The van der Waals surface area contributed by atoms with Gasteiger partial charge in [-0.05, 0) is 0 Å². The summed E-state index contributed by atoms with van der Waals surface area (Å²) in [5.41, 5.74) is 0. The van der Waals surface area contributed by atoms with E-state index in [0.29, 0.717) is 24.6 Å². The molecule has 68 valence electrons. The molecule has 0 spiro atoms. The van der Waals surface area contributed by atoms with Crippen LogP contribution in [0.4, 0.5) is 0 Å². The first-order chi connectivity index (χ1) is 5.24. The van der Waals surface area contributed by atoms with Crippen molar-refractivity contribution in [1.29, 1.82) is 0 Å². The van der Waals surface area contributed by atoms with Gasteiger partial charge < -0.3 is 9.47 Å². The maximum absolute atomic E-state index is 5.58. The second-order valence-electron chi connectivity index (χ2n) is 2.20. The fourth-order valence-corrected chi connectivity index (χ4v) is 1.48. The molecule has 0 aromatic carbocycles. The van der Waals surface area contributed by atoms with Gasteiger partial charge in [0.05, 0.1) is 0 Å². The molecule has 0 fully saturated rings. The van der Waals surface area contributed by atoms with Crippen LogP contribution in [0.3, 0.4) is 0 Å². The van der Waals surface area contributed by atoms with Crippen molar-refractivity contribution in [2.75, 3.05) is 26.0 Å². The van der Waals surface area contributed by atoms with Crippen molar-refractivity contribution in [1.82, 2.24) is 0 Å². The van der Waals surface area contributed by atoms with E-state index in [2.05, 4.69) is 0 Å². The molecule has 0 amide bonds. The lowest BCUT2D eigenvalue weighted by atomic mass is 10.1. The number of alkyl halides is 2. The van der Waals surface area contributed by atoms with E-state index in [1.807, 2.05) is 0 Å². The summed E-state index contributed by atoms with van der Waals surface area (Å²) in [5, 5.41) is 0. The quantitative estimate of drug-likeness (QED) is 0.484. The highest BCUT2D eigenvalue weighted by Gasteiger charge is 2.27. The molecule has 0 radical (unpaired) electrons. The van der Waals surface area contributed by atoms with E-state index >= 15 is 0 Å². The van der Waals surface area contributed by atoms with Gasteiger partial charge >= 0.3 is 0 Å². The van der Waals surface area contributed by atoms with Gasteiger partial charge in [0.1, 0.15) is 0 Å². The summed E-state index contributed by atoms with van der Waals surface area (Å²) in [6.45, 7) is 0. The van der Waals surface area contributed by atoms with E-state index in [0.717, 1.165) is 0 Å². The van der Waals surface area contributed by atoms with E-state index in [1.54, 1.807) is 14.2 Å². The molecule has 2 nitrogen and oxygen atoms in total. The Morgan fingerprint density at radius 1 is 1.00 bits per heavy atom. The van der Waals surface area contributed by atoms with Gasteiger partial charge in [-0.2, -0.15) is 0 Å². The van der Waals surface area contributed by atoms with Crippen LogP contribution in [0.1, 0.15) is 12.8 Å². The van der Waals surface area contributed by atoms with Crippen LogP contribution >= 0.6 is 23.2 Å². The molecule has 0 aliphatic heterocycles. The monoisotopic (exact) mass is 200 g/mol. The van der Waals surface area contributed by atoms with Crippen LogP contribution in [0.5, 0.6) is 0 Å². The highest BCUT2D eigenvalue weighted by molar-refractivity contribution is 6.18. The smallest absolute Gasteiger partial charge is 0.169 e. The minimum absolute atomic E-state index is 0.512. The van der Waals surface area contributed by atoms with E-state index < -0.39 is 5.79 Å². The minimum Gasteiger partial charge on any atom is -0.353 e. The van der Waals surface area contributed by atoms with Gasteiger partial charge in [0.25, 0.3) is 0 Å². The molecule has 0 heterocycles.